The molecule has 5 nitrogen and oxygen atoms in total. The van der Waals surface area contributed by atoms with Crippen molar-refractivity contribution in [3.8, 4) is 0 Å². The predicted molar refractivity (Wildman–Crippen MR) is 48.6 cm³/mol. The van der Waals surface area contributed by atoms with Crippen LogP contribution in [0.4, 0.5) is 0 Å². The summed E-state index contributed by atoms with van der Waals surface area (Å²) in [5, 5.41) is 17.5. The normalized spacial score (nSPS) is 10.1. The van der Waals surface area contributed by atoms with Crippen molar-refractivity contribution in [3.05, 3.63) is 22.5 Å². The molecule has 0 saturated heterocycles. The molecular weight excluding hydrogens is 186 g/mol. The third kappa shape index (κ3) is 1.76. The van der Waals surface area contributed by atoms with Crippen molar-refractivity contribution in [2.45, 2.75) is 20.3 Å². The Balaban J connectivity index is 3.24. The third-order valence-corrected chi connectivity index (χ3v) is 2.05. The molecule has 5 heteroatoms. The number of H-pyrrole nitrogens is 1. The van der Waals surface area contributed by atoms with Gasteiger partial charge in [0.05, 0.1) is 12.0 Å². The quantitative estimate of drug-likeness (QED) is 0.673. The highest BCUT2D eigenvalue weighted by Gasteiger charge is 2.19. The molecule has 3 N–H and O–H groups in total. The molecule has 0 unspecified atom stereocenters. The van der Waals surface area contributed by atoms with Crippen molar-refractivity contribution in [2.75, 3.05) is 0 Å². The number of carboxylic acids is 2. The van der Waals surface area contributed by atoms with Crippen molar-refractivity contribution in [3.63, 3.8) is 0 Å². The Morgan fingerprint density at radius 2 is 1.79 bits per heavy atom. The maximum absolute atomic E-state index is 10.8. The molecule has 1 rings (SSSR count). The fourth-order valence-electron chi connectivity index (χ4n) is 1.49. The molecule has 0 radical (unpaired) electrons. The van der Waals surface area contributed by atoms with E-state index >= 15 is 0 Å². The van der Waals surface area contributed by atoms with Crippen molar-refractivity contribution in [1.29, 1.82) is 0 Å². The highest BCUT2D eigenvalue weighted by atomic mass is 16.4. The van der Waals surface area contributed by atoms with Crippen LogP contribution in [-0.4, -0.2) is 27.1 Å². The molecular formula is C9H11NO4. The maximum atomic E-state index is 10.8. The molecule has 0 aliphatic carbocycles. The minimum absolute atomic E-state index is 0.0740. The van der Waals surface area contributed by atoms with Crippen LogP contribution in [0.3, 0.4) is 0 Å². The van der Waals surface area contributed by atoms with Gasteiger partial charge in [0.2, 0.25) is 0 Å². The fraction of sp³-hybridized carbons (Fsp3) is 0.333. The van der Waals surface area contributed by atoms with Gasteiger partial charge in [-0.05, 0) is 19.4 Å². The maximum Gasteiger partial charge on any atom is 0.337 e. The van der Waals surface area contributed by atoms with Gasteiger partial charge in [-0.3, -0.25) is 4.79 Å². The molecule has 0 saturated carbocycles. The van der Waals surface area contributed by atoms with E-state index in [1.807, 2.05) is 0 Å². The van der Waals surface area contributed by atoms with Gasteiger partial charge in [-0.1, -0.05) is 0 Å². The van der Waals surface area contributed by atoms with Crippen LogP contribution in [0.15, 0.2) is 0 Å². The lowest BCUT2D eigenvalue weighted by Crippen LogP contribution is -2.07. The molecule has 0 amide bonds. The van der Waals surface area contributed by atoms with E-state index in [0.717, 1.165) is 0 Å². The van der Waals surface area contributed by atoms with Gasteiger partial charge < -0.3 is 15.2 Å². The van der Waals surface area contributed by atoms with Gasteiger partial charge in [0.15, 0.2) is 0 Å². The van der Waals surface area contributed by atoms with E-state index in [1.165, 1.54) is 0 Å². The van der Waals surface area contributed by atoms with Gasteiger partial charge in [-0.25, -0.2) is 4.79 Å². The number of aromatic nitrogens is 1. The lowest BCUT2D eigenvalue weighted by molar-refractivity contribution is -0.136. The van der Waals surface area contributed by atoms with Crippen LogP contribution in [-0.2, 0) is 11.2 Å². The smallest absolute Gasteiger partial charge is 0.337 e. The second-order valence-corrected chi connectivity index (χ2v) is 3.10. The zero-order valence-electron chi connectivity index (χ0n) is 7.92. The van der Waals surface area contributed by atoms with E-state index in [0.29, 0.717) is 17.0 Å². The van der Waals surface area contributed by atoms with E-state index in [1.54, 1.807) is 13.8 Å². The third-order valence-electron chi connectivity index (χ3n) is 2.05. The minimum Gasteiger partial charge on any atom is -0.481 e. The number of rotatable bonds is 3. The lowest BCUT2D eigenvalue weighted by atomic mass is 10.1. The molecule has 0 bridgehead atoms. The van der Waals surface area contributed by atoms with Gasteiger partial charge in [-0.2, -0.15) is 0 Å². The van der Waals surface area contributed by atoms with Crippen LogP contribution in [0.1, 0.15) is 27.3 Å². The number of aryl methyl sites for hydroxylation is 2. The largest absolute Gasteiger partial charge is 0.481 e. The number of hydrogen-bond acceptors (Lipinski definition) is 2. The number of carbonyl (C=O) groups is 2. The fourth-order valence-corrected chi connectivity index (χ4v) is 1.49. The summed E-state index contributed by atoms with van der Waals surface area (Å²) in [6.45, 7) is 3.28. The van der Waals surface area contributed by atoms with E-state index in [9.17, 15) is 9.59 Å². The number of carboxylic acid groups (broad SMARTS) is 2. The minimum atomic E-state index is -1.09. The Kier molecular flexibility index (Phi) is 2.60. The molecule has 0 aliphatic rings. The van der Waals surface area contributed by atoms with Crippen LogP contribution in [0.2, 0.25) is 0 Å². The molecule has 14 heavy (non-hydrogen) atoms. The molecule has 0 aromatic carbocycles. The first-order chi connectivity index (χ1) is 6.43. The first-order valence-electron chi connectivity index (χ1n) is 4.06. The summed E-state index contributed by atoms with van der Waals surface area (Å²) in [6, 6.07) is 0. The topological polar surface area (TPSA) is 90.4 Å². The predicted octanol–water partition coefficient (Wildman–Crippen LogP) is 0.957. The summed E-state index contributed by atoms with van der Waals surface area (Å²) in [4.78, 5) is 24.1. The highest BCUT2D eigenvalue weighted by molar-refractivity contribution is 5.92. The molecule has 1 aromatic rings. The highest BCUT2D eigenvalue weighted by Crippen LogP contribution is 2.18. The van der Waals surface area contributed by atoms with Crippen molar-refractivity contribution in [2.24, 2.45) is 0 Å². The average molecular weight is 197 g/mol. The van der Waals surface area contributed by atoms with Gasteiger partial charge in [0.25, 0.3) is 0 Å². The van der Waals surface area contributed by atoms with E-state index in [2.05, 4.69) is 4.98 Å². The SMILES string of the molecule is Cc1[nH]c(C)c(C(=O)O)c1CC(=O)O. The zero-order valence-corrected chi connectivity index (χ0v) is 7.92. The molecule has 0 spiro atoms. The summed E-state index contributed by atoms with van der Waals surface area (Å²) >= 11 is 0. The molecule has 1 heterocycles. The van der Waals surface area contributed by atoms with Crippen LogP contribution in [0.5, 0.6) is 0 Å². The number of aromatic amines is 1. The number of hydrogen-bond donors (Lipinski definition) is 3. The monoisotopic (exact) mass is 197 g/mol. The second-order valence-electron chi connectivity index (χ2n) is 3.10. The van der Waals surface area contributed by atoms with E-state index in [4.69, 9.17) is 10.2 Å². The number of nitrogens with one attached hydrogen (secondary N) is 1. The van der Waals surface area contributed by atoms with Crippen LogP contribution in [0.25, 0.3) is 0 Å². The molecule has 0 aliphatic heterocycles. The Labute approximate surface area is 80.4 Å². The summed E-state index contributed by atoms with van der Waals surface area (Å²) in [5.74, 6) is -2.13. The van der Waals surface area contributed by atoms with Crippen LogP contribution in [0, 0.1) is 13.8 Å². The molecule has 0 fully saturated rings. The van der Waals surface area contributed by atoms with Gasteiger partial charge in [0.1, 0.15) is 0 Å². The first-order valence-corrected chi connectivity index (χ1v) is 4.06. The zero-order chi connectivity index (χ0) is 10.9. The van der Waals surface area contributed by atoms with Crippen molar-refractivity contribution in [1.82, 2.24) is 4.98 Å². The molecule has 76 valence electrons. The number of aliphatic carboxylic acids is 1. The van der Waals surface area contributed by atoms with E-state index in [-0.39, 0.29) is 12.0 Å². The van der Waals surface area contributed by atoms with Crippen molar-refractivity contribution < 1.29 is 19.8 Å². The Hall–Kier alpha value is -1.78. The van der Waals surface area contributed by atoms with Crippen LogP contribution >= 0.6 is 0 Å². The average Bonchev–Trinajstić information content (AvgIpc) is 2.25. The molecule has 0 atom stereocenters. The Morgan fingerprint density at radius 1 is 1.21 bits per heavy atom. The van der Waals surface area contributed by atoms with Gasteiger partial charge in [-0.15, -0.1) is 0 Å². The second kappa shape index (κ2) is 3.53. The number of aromatic carboxylic acids is 1. The summed E-state index contributed by atoms with van der Waals surface area (Å²) in [5.41, 5.74) is 1.51. The standard InChI is InChI=1S/C9H11NO4/c1-4-6(3-7(11)12)8(9(13)14)5(2)10-4/h10H,3H2,1-2H3,(H,11,12)(H,13,14). The van der Waals surface area contributed by atoms with Gasteiger partial charge in [0, 0.05) is 11.4 Å². The van der Waals surface area contributed by atoms with Gasteiger partial charge >= 0.3 is 11.9 Å². The van der Waals surface area contributed by atoms with Crippen molar-refractivity contribution >= 4 is 11.9 Å². The Bertz CT molecular complexity index is 392. The lowest BCUT2D eigenvalue weighted by Gasteiger charge is -1.98. The summed E-state index contributed by atoms with van der Waals surface area (Å²) in [7, 11) is 0. The summed E-state index contributed by atoms with van der Waals surface area (Å²) in [6.07, 6.45) is -0.266. The van der Waals surface area contributed by atoms with E-state index < -0.39 is 11.9 Å². The first kappa shape index (κ1) is 10.3. The Morgan fingerprint density at radius 3 is 2.21 bits per heavy atom. The molecule has 1 aromatic heterocycles. The van der Waals surface area contributed by atoms with Crippen LogP contribution < -0.4 is 0 Å². The summed E-state index contributed by atoms with van der Waals surface area (Å²) < 4.78 is 0.